The van der Waals surface area contributed by atoms with E-state index in [0.29, 0.717) is 10.9 Å². The predicted molar refractivity (Wildman–Crippen MR) is 120 cm³/mol. The molecule has 0 aliphatic carbocycles. The van der Waals surface area contributed by atoms with Crippen molar-refractivity contribution in [2.45, 2.75) is 6.92 Å². The average molecular weight is 462 g/mol. The molecule has 0 bridgehead atoms. The highest BCUT2D eigenvalue weighted by molar-refractivity contribution is 5.84. The molecule has 6 heteroatoms. The first-order chi connectivity index (χ1) is 16.4. The summed E-state index contributed by atoms with van der Waals surface area (Å²) in [5.41, 5.74) is 0.330. The topological polar surface area (TPSA) is 9.23 Å². The van der Waals surface area contributed by atoms with Crippen molar-refractivity contribution >= 4 is 10.8 Å². The van der Waals surface area contributed by atoms with E-state index >= 15 is 0 Å². The van der Waals surface area contributed by atoms with Crippen LogP contribution in [-0.2, 0) is 0 Å². The smallest absolute Gasteiger partial charge is 0.166 e. The Kier molecular flexibility index (Phi) is 6.52. The molecular weight excluding hydrogens is 447 g/mol. The summed E-state index contributed by atoms with van der Waals surface area (Å²) in [5, 5.41) is 0.589. The number of benzene rings is 4. The standard InChI is InChI=1S/C28H15F5O/c1-2-34-21-15-26(31)23(27(32)16-21)11-6-18-4-8-19(25(30)14-18)7-3-17-5-10-22-20(13-17)9-12-24(29)28(22)33/h4-5,8-10,12-16H,2H2,1H3. The number of rotatable bonds is 2. The number of ether oxygens (including phenoxy) is 1. The second kappa shape index (κ2) is 9.68. The van der Waals surface area contributed by atoms with E-state index in [2.05, 4.69) is 23.7 Å². The summed E-state index contributed by atoms with van der Waals surface area (Å²) >= 11 is 0. The first-order valence-electron chi connectivity index (χ1n) is 10.2. The van der Waals surface area contributed by atoms with Gasteiger partial charge >= 0.3 is 0 Å². The summed E-state index contributed by atoms with van der Waals surface area (Å²) in [4.78, 5) is 0. The van der Waals surface area contributed by atoms with Gasteiger partial charge < -0.3 is 4.74 Å². The molecule has 0 unspecified atom stereocenters. The molecule has 0 atom stereocenters. The van der Waals surface area contributed by atoms with Gasteiger partial charge in [0, 0.05) is 28.6 Å². The van der Waals surface area contributed by atoms with Gasteiger partial charge in [0.05, 0.1) is 17.7 Å². The SMILES string of the molecule is CCOc1cc(F)c(C#Cc2ccc(C#Cc3ccc4c(F)c(F)ccc4c3)c(F)c2)c(F)c1. The van der Waals surface area contributed by atoms with Gasteiger partial charge in [-0.2, -0.15) is 0 Å². The zero-order valence-corrected chi connectivity index (χ0v) is 17.8. The van der Waals surface area contributed by atoms with Gasteiger partial charge in [-0.25, -0.2) is 22.0 Å². The van der Waals surface area contributed by atoms with Gasteiger partial charge in [-0.3, -0.25) is 0 Å². The fraction of sp³-hybridized carbons (Fsp3) is 0.0714. The van der Waals surface area contributed by atoms with Crippen molar-refractivity contribution in [3.8, 4) is 29.4 Å². The molecule has 0 aliphatic rings. The van der Waals surface area contributed by atoms with Crippen LogP contribution in [0.5, 0.6) is 5.75 Å². The van der Waals surface area contributed by atoms with Gasteiger partial charge in [-0.15, -0.1) is 0 Å². The Balaban J connectivity index is 1.58. The molecule has 0 amide bonds. The van der Waals surface area contributed by atoms with E-state index in [9.17, 15) is 22.0 Å². The molecule has 0 fully saturated rings. The fourth-order valence-electron chi connectivity index (χ4n) is 3.23. The third kappa shape index (κ3) is 4.87. The minimum atomic E-state index is -0.940. The quantitative estimate of drug-likeness (QED) is 0.237. The van der Waals surface area contributed by atoms with Crippen LogP contribution in [0, 0.1) is 52.8 Å². The van der Waals surface area contributed by atoms with E-state index in [-0.39, 0.29) is 28.9 Å². The Bertz CT molecular complexity index is 1510. The molecule has 168 valence electrons. The van der Waals surface area contributed by atoms with Crippen LogP contribution in [0.25, 0.3) is 10.8 Å². The second-order valence-electron chi connectivity index (χ2n) is 7.19. The molecule has 4 aromatic rings. The summed E-state index contributed by atoms with van der Waals surface area (Å²) in [6, 6.07) is 13.0. The summed E-state index contributed by atoms with van der Waals surface area (Å²) in [5.74, 6) is 6.14. The van der Waals surface area contributed by atoms with Crippen LogP contribution in [0.15, 0.2) is 60.7 Å². The number of fused-ring (bicyclic) bond motifs is 1. The molecule has 4 rings (SSSR count). The highest BCUT2D eigenvalue weighted by Crippen LogP contribution is 2.22. The number of hydrogen-bond donors (Lipinski definition) is 0. The second-order valence-corrected chi connectivity index (χ2v) is 7.19. The van der Waals surface area contributed by atoms with Crippen LogP contribution >= 0.6 is 0 Å². The molecular formula is C28H15F5O. The Hall–Kier alpha value is -4.29. The molecule has 0 spiro atoms. The van der Waals surface area contributed by atoms with E-state index in [1.54, 1.807) is 13.0 Å². The molecule has 0 aromatic heterocycles. The van der Waals surface area contributed by atoms with Crippen molar-refractivity contribution in [2.24, 2.45) is 0 Å². The van der Waals surface area contributed by atoms with Gasteiger partial charge in [-0.1, -0.05) is 35.8 Å². The lowest BCUT2D eigenvalue weighted by Crippen LogP contribution is -1.96. The minimum absolute atomic E-state index is 0.0562. The van der Waals surface area contributed by atoms with Crippen molar-refractivity contribution in [1.82, 2.24) is 0 Å². The molecule has 0 N–H and O–H groups in total. The Morgan fingerprint density at radius 2 is 1.32 bits per heavy atom. The van der Waals surface area contributed by atoms with Crippen LogP contribution in [-0.4, -0.2) is 6.61 Å². The van der Waals surface area contributed by atoms with Crippen LogP contribution in [0.4, 0.5) is 22.0 Å². The van der Waals surface area contributed by atoms with Crippen molar-refractivity contribution in [3.63, 3.8) is 0 Å². The van der Waals surface area contributed by atoms with Crippen LogP contribution in [0.1, 0.15) is 29.2 Å². The van der Waals surface area contributed by atoms with Gasteiger partial charge in [-0.05, 0) is 48.7 Å². The van der Waals surface area contributed by atoms with Crippen molar-refractivity contribution < 1.29 is 26.7 Å². The highest BCUT2D eigenvalue weighted by atomic mass is 19.2. The summed E-state index contributed by atoms with van der Waals surface area (Å²) in [6.45, 7) is 1.95. The zero-order valence-electron chi connectivity index (χ0n) is 17.8. The van der Waals surface area contributed by atoms with E-state index in [1.165, 1.54) is 30.3 Å². The third-order valence-corrected chi connectivity index (χ3v) is 4.88. The average Bonchev–Trinajstić information content (AvgIpc) is 2.80. The zero-order chi connectivity index (χ0) is 24.2. The molecule has 0 saturated heterocycles. The molecule has 0 aliphatic heterocycles. The first-order valence-corrected chi connectivity index (χ1v) is 10.2. The van der Waals surface area contributed by atoms with Crippen molar-refractivity contribution in [1.29, 1.82) is 0 Å². The lowest BCUT2D eigenvalue weighted by Gasteiger charge is -2.04. The lowest BCUT2D eigenvalue weighted by molar-refractivity contribution is 0.335. The number of hydrogen-bond acceptors (Lipinski definition) is 1. The molecule has 4 aromatic carbocycles. The van der Waals surface area contributed by atoms with Crippen LogP contribution in [0.2, 0.25) is 0 Å². The largest absolute Gasteiger partial charge is 0.494 e. The van der Waals surface area contributed by atoms with E-state index in [1.807, 2.05) is 0 Å². The minimum Gasteiger partial charge on any atom is -0.494 e. The maximum absolute atomic E-state index is 14.5. The molecule has 0 radical (unpaired) electrons. The normalized spacial score (nSPS) is 10.3. The number of halogens is 5. The van der Waals surface area contributed by atoms with E-state index in [4.69, 9.17) is 4.74 Å². The Labute approximate surface area is 192 Å². The van der Waals surface area contributed by atoms with Gasteiger partial charge in [0.25, 0.3) is 0 Å². The van der Waals surface area contributed by atoms with Gasteiger partial charge in [0.15, 0.2) is 11.6 Å². The molecule has 34 heavy (non-hydrogen) atoms. The third-order valence-electron chi connectivity index (χ3n) is 4.88. The monoisotopic (exact) mass is 462 g/mol. The molecule has 0 saturated carbocycles. The van der Waals surface area contributed by atoms with Crippen molar-refractivity contribution in [3.05, 3.63) is 112 Å². The fourth-order valence-corrected chi connectivity index (χ4v) is 3.23. The van der Waals surface area contributed by atoms with Crippen molar-refractivity contribution in [2.75, 3.05) is 6.61 Å². The Morgan fingerprint density at radius 1 is 0.647 bits per heavy atom. The van der Waals surface area contributed by atoms with Crippen LogP contribution in [0.3, 0.4) is 0 Å². The maximum Gasteiger partial charge on any atom is 0.166 e. The summed E-state index contributed by atoms with van der Waals surface area (Å²) in [7, 11) is 0. The lowest BCUT2D eigenvalue weighted by atomic mass is 10.1. The van der Waals surface area contributed by atoms with Crippen LogP contribution < -0.4 is 4.74 Å². The maximum atomic E-state index is 14.5. The summed E-state index contributed by atoms with van der Waals surface area (Å²) < 4.78 is 75.0. The highest BCUT2D eigenvalue weighted by Gasteiger charge is 2.10. The van der Waals surface area contributed by atoms with E-state index in [0.717, 1.165) is 24.3 Å². The van der Waals surface area contributed by atoms with Gasteiger partial charge in [0.2, 0.25) is 0 Å². The Morgan fingerprint density at radius 3 is 2.03 bits per heavy atom. The summed E-state index contributed by atoms with van der Waals surface area (Å²) in [6.07, 6.45) is 0. The molecule has 0 heterocycles. The van der Waals surface area contributed by atoms with Gasteiger partial charge in [0.1, 0.15) is 23.2 Å². The van der Waals surface area contributed by atoms with E-state index < -0.39 is 34.6 Å². The molecule has 1 nitrogen and oxygen atoms in total. The predicted octanol–water partition coefficient (Wildman–Crippen LogP) is 6.73. The first kappa shape index (κ1) is 22.9.